The largest absolute Gasteiger partial charge is 0.374 e. The van der Waals surface area contributed by atoms with Crippen LogP contribution in [0.3, 0.4) is 0 Å². The van der Waals surface area contributed by atoms with Crippen LogP contribution in [0.2, 0.25) is 5.02 Å². The molecule has 1 atom stereocenters. The first kappa shape index (κ1) is 13.4. The monoisotopic (exact) mass is 283 g/mol. The second-order valence-corrected chi connectivity index (χ2v) is 5.86. The molecular formula is C14H15ClFNS. The summed E-state index contributed by atoms with van der Waals surface area (Å²) in [6.07, 6.45) is 0. The van der Waals surface area contributed by atoms with Crippen molar-refractivity contribution in [1.29, 1.82) is 0 Å². The van der Waals surface area contributed by atoms with Gasteiger partial charge in [0.05, 0.1) is 16.8 Å². The number of halogens is 2. The first-order chi connectivity index (χ1) is 8.59. The highest BCUT2D eigenvalue weighted by Crippen LogP contribution is 2.33. The van der Waals surface area contributed by atoms with E-state index in [1.807, 2.05) is 11.4 Å². The van der Waals surface area contributed by atoms with E-state index in [0.29, 0.717) is 16.6 Å². The van der Waals surface area contributed by atoms with Crippen LogP contribution in [0.5, 0.6) is 0 Å². The molecule has 0 amide bonds. The van der Waals surface area contributed by atoms with Gasteiger partial charge in [-0.3, -0.25) is 0 Å². The van der Waals surface area contributed by atoms with Crippen LogP contribution in [0.1, 0.15) is 24.8 Å². The lowest BCUT2D eigenvalue weighted by atomic mass is 10.0. The van der Waals surface area contributed by atoms with Crippen LogP contribution >= 0.6 is 22.9 Å². The lowest BCUT2D eigenvalue weighted by Crippen LogP contribution is -2.16. The van der Waals surface area contributed by atoms with Gasteiger partial charge < -0.3 is 5.32 Å². The van der Waals surface area contributed by atoms with Gasteiger partial charge in [0.15, 0.2) is 0 Å². The van der Waals surface area contributed by atoms with E-state index in [9.17, 15) is 4.39 Å². The molecule has 0 spiro atoms. The van der Waals surface area contributed by atoms with Crippen molar-refractivity contribution in [3.8, 4) is 0 Å². The van der Waals surface area contributed by atoms with E-state index < -0.39 is 0 Å². The number of anilines is 1. The van der Waals surface area contributed by atoms with Crippen LogP contribution in [0.4, 0.5) is 10.1 Å². The molecule has 96 valence electrons. The molecule has 0 aliphatic heterocycles. The van der Waals surface area contributed by atoms with Crippen molar-refractivity contribution in [3.63, 3.8) is 0 Å². The molecule has 0 aliphatic rings. The second kappa shape index (κ2) is 5.72. The van der Waals surface area contributed by atoms with Crippen molar-refractivity contribution in [2.75, 3.05) is 5.32 Å². The molecule has 0 radical (unpaired) electrons. The molecule has 2 aromatic rings. The van der Waals surface area contributed by atoms with Crippen LogP contribution in [-0.4, -0.2) is 0 Å². The third-order valence-electron chi connectivity index (χ3n) is 2.78. The van der Waals surface area contributed by atoms with E-state index in [2.05, 4.69) is 25.2 Å². The van der Waals surface area contributed by atoms with Crippen molar-refractivity contribution >= 4 is 28.6 Å². The fourth-order valence-corrected chi connectivity index (χ4v) is 2.99. The van der Waals surface area contributed by atoms with Gasteiger partial charge in [0, 0.05) is 4.88 Å². The van der Waals surface area contributed by atoms with E-state index in [-0.39, 0.29) is 11.9 Å². The summed E-state index contributed by atoms with van der Waals surface area (Å²) in [6, 6.07) is 8.84. The molecule has 18 heavy (non-hydrogen) atoms. The third-order valence-corrected chi connectivity index (χ3v) is 4.05. The average Bonchev–Trinajstić information content (AvgIpc) is 2.81. The minimum absolute atomic E-state index is 0.0689. The molecule has 2 rings (SSSR count). The number of thiophene rings is 1. The highest BCUT2D eigenvalue weighted by molar-refractivity contribution is 7.10. The molecule has 1 N–H and O–H groups in total. The molecule has 0 aliphatic carbocycles. The van der Waals surface area contributed by atoms with Gasteiger partial charge in [-0.2, -0.15) is 0 Å². The highest BCUT2D eigenvalue weighted by Gasteiger charge is 2.19. The number of rotatable bonds is 4. The van der Waals surface area contributed by atoms with Gasteiger partial charge in [-0.1, -0.05) is 37.6 Å². The summed E-state index contributed by atoms with van der Waals surface area (Å²) in [5.74, 6) is 0.0315. The summed E-state index contributed by atoms with van der Waals surface area (Å²) in [5, 5.41) is 5.66. The lowest BCUT2D eigenvalue weighted by Gasteiger charge is -2.23. The van der Waals surface area contributed by atoms with Gasteiger partial charge in [0.25, 0.3) is 0 Å². The summed E-state index contributed by atoms with van der Waals surface area (Å²) < 4.78 is 13.8. The number of para-hydroxylation sites is 1. The van der Waals surface area contributed by atoms with Gasteiger partial charge in [-0.15, -0.1) is 11.3 Å². The van der Waals surface area contributed by atoms with Crippen molar-refractivity contribution < 1.29 is 4.39 Å². The Morgan fingerprint density at radius 1 is 1.22 bits per heavy atom. The summed E-state index contributed by atoms with van der Waals surface area (Å²) in [4.78, 5) is 1.18. The Balaban J connectivity index is 2.30. The van der Waals surface area contributed by atoms with E-state index in [4.69, 9.17) is 11.6 Å². The zero-order valence-corrected chi connectivity index (χ0v) is 11.9. The molecule has 0 bridgehead atoms. The van der Waals surface area contributed by atoms with Crippen molar-refractivity contribution in [2.45, 2.75) is 19.9 Å². The molecule has 1 aromatic heterocycles. The SMILES string of the molecule is CC(C)C(Nc1c(F)cccc1Cl)c1cccs1. The smallest absolute Gasteiger partial charge is 0.147 e. The van der Waals surface area contributed by atoms with Crippen molar-refractivity contribution in [2.24, 2.45) is 5.92 Å². The fourth-order valence-electron chi connectivity index (χ4n) is 1.83. The minimum atomic E-state index is -0.315. The van der Waals surface area contributed by atoms with Crippen molar-refractivity contribution in [3.05, 3.63) is 51.4 Å². The number of hydrogen-bond donors (Lipinski definition) is 1. The van der Waals surface area contributed by atoms with Gasteiger partial charge >= 0.3 is 0 Å². The summed E-state index contributed by atoms with van der Waals surface area (Å²) in [7, 11) is 0. The Morgan fingerprint density at radius 2 is 2.00 bits per heavy atom. The quantitative estimate of drug-likeness (QED) is 0.797. The maximum absolute atomic E-state index is 13.8. The van der Waals surface area contributed by atoms with Crippen LogP contribution in [0.25, 0.3) is 0 Å². The standard InChI is InChI=1S/C14H15ClFNS/c1-9(2)13(12-7-4-8-18-12)17-14-10(15)5-3-6-11(14)16/h3-9,13,17H,1-2H3. The van der Waals surface area contributed by atoms with E-state index in [0.717, 1.165) is 0 Å². The normalized spacial score (nSPS) is 12.7. The first-order valence-electron chi connectivity index (χ1n) is 5.83. The Morgan fingerprint density at radius 3 is 2.56 bits per heavy atom. The maximum Gasteiger partial charge on any atom is 0.147 e. The van der Waals surface area contributed by atoms with Crippen LogP contribution in [0, 0.1) is 11.7 Å². The fraction of sp³-hybridized carbons (Fsp3) is 0.286. The third kappa shape index (κ3) is 2.85. The molecule has 1 nitrogen and oxygen atoms in total. The summed E-state index contributed by atoms with van der Waals surface area (Å²) >= 11 is 7.70. The van der Waals surface area contributed by atoms with Gasteiger partial charge in [-0.05, 0) is 29.5 Å². The van der Waals surface area contributed by atoms with Gasteiger partial charge in [0.1, 0.15) is 5.82 Å². The predicted octanol–water partition coefficient (Wildman–Crippen LogP) is 5.35. The van der Waals surface area contributed by atoms with Crippen LogP contribution in [-0.2, 0) is 0 Å². The predicted molar refractivity (Wildman–Crippen MR) is 76.9 cm³/mol. The molecule has 0 saturated heterocycles. The summed E-state index contributed by atoms with van der Waals surface area (Å²) in [5.41, 5.74) is 0.381. The minimum Gasteiger partial charge on any atom is -0.374 e. The zero-order chi connectivity index (χ0) is 13.1. The van der Waals surface area contributed by atoms with E-state index in [1.54, 1.807) is 23.5 Å². The van der Waals surface area contributed by atoms with Crippen LogP contribution < -0.4 is 5.32 Å². The number of nitrogens with one attached hydrogen (secondary N) is 1. The molecule has 1 heterocycles. The zero-order valence-electron chi connectivity index (χ0n) is 10.3. The highest BCUT2D eigenvalue weighted by atomic mass is 35.5. The molecular weight excluding hydrogens is 269 g/mol. The number of hydrogen-bond acceptors (Lipinski definition) is 2. The Labute approximate surface area is 116 Å². The Hall–Kier alpha value is -1.06. The molecule has 0 saturated carbocycles. The van der Waals surface area contributed by atoms with E-state index >= 15 is 0 Å². The Kier molecular flexibility index (Phi) is 4.25. The average molecular weight is 284 g/mol. The van der Waals surface area contributed by atoms with Gasteiger partial charge in [0.2, 0.25) is 0 Å². The topological polar surface area (TPSA) is 12.0 Å². The maximum atomic E-state index is 13.8. The molecule has 4 heteroatoms. The van der Waals surface area contributed by atoms with Crippen molar-refractivity contribution in [1.82, 2.24) is 0 Å². The Bertz CT molecular complexity index is 490. The van der Waals surface area contributed by atoms with Crippen LogP contribution in [0.15, 0.2) is 35.7 Å². The molecule has 1 unspecified atom stereocenters. The molecule has 1 aromatic carbocycles. The summed E-state index contributed by atoms with van der Waals surface area (Å²) in [6.45, 7) is 4.21. The van der Waals surface area contributed by atoms with E-state index in [1.165, 1.54) is 10.9 Å². The van der Waals surface area contributed by atoms with Gasteiger partial charge in [-0.25, -0.2) is 4.39 Å². The number of benzene rings is 1. The molecule has 0 fully saturated rings. The first-order valence-corrected chi connectivity index (χ1v) is 7.09. The lowest BCUT2D eigenvalue weighted by molar-refractivity contribution is 0.546. The second-order valence-electron chi connectivity index (χ2n) is 4.48.